The first kappa shape index (κ1) is 29.8. The van der Waals surface area contributed by atoms with Crippen LogP contribution in [0.5, 0.6) is 40.4 Å². The molecule has 10 heteroatoms. The van der Waals surface area contributed by atoms with Crippen LogP contribution in [0.1, 0.15) is 50.1 Å². The summed E-state index contributed by atoms with van der Waals surface area (Å²) in [5.41, 5.74) is 2.77. The first-order valence-electron chi connectivity index (χ1n) is 15.3. The van der Waals surface area contributed by atoms with Crippen molar-refractivity contribution in [3.8, 4) is 40.4 Å². The Hall–Kier alpha value is -5.90. The highest BCUT2D eigenvalue weighted by molar-refractivity contribution is 5.97. The summed E-state index contributed by atoms with van der Waals surface area (Å²) in [6.45, 7) is 1.08. The Labute approximate surface area is 271 Å². The van der Waals surface area contributed by atoms with E-state index in [0.717, 1.165) is 16.7 Å². The lowest BCUT2D eigenvalue weighted by Crippen LogP contribution is -2.40. The second-order valence-electron chi connectivity index (χ2n) is 11.2. The number of amides is 2. The molecule has 2 amide bonds. The van der Waals surface area contributed by atoms with E-state index in [1.54, 1.807) is 30.2 Å². The molecule has 0 radical (unpaired) electrons. The van der Waals surface area contributed by atoms with Gasteiger partial charge in [-0.1, -0.05) is 30.3 Å². The molecule has 0 spiro atoms. The number of phenolic OH excluding ortho intramolecular Hbond substituents is 1. The molecule has 4 heterocycles. The van der Waals surface area contributed by atoms with Gasteiger partial charge in [0.1, 0.15) is 23.0 Å². The molecule has 1 atom stereocenters. The Morgan fingerprint density at radius 1 is 0.957 bits per heavy atom. The lowest BCUT2D eigenvalue weighted by molar-refractivity contribution is 0.0656. The highest BCUT2D eigenvalue weighted by Crippen LogP contribution is 2.44. The summed E-state index contributed by atoms with van der Waals surface area (Å²) in [7, 11) is 1.54. The normalized spacial score (nSPS) is 15.8. The predicted octanol–water partition coefficient (Wildman–Crippen LogP) is 6.88. The molecule has 1 aromatic heterocycles. The van der Waals surface area contributed by atoms with Gasteiger partial charge in [0.2, 0.25) is 0 Å². The van der Waals surface area contributed by atoms with Gasteiger partial charge in [0, 0.05) is 19.2 Å². The van der Waals surface area contributed by atoms with Crippen molar-refractivity contribution in [3.05, 3.63) is 125 Å². The van der Waals surface area contributed by atoms with E-state index in [-0.39, 0.29) is 28.9 Å². The van der Waals surface area contributed by atoms with E-state index in [2.05, 4.69) is 5.32 Å². The van der Waals surface area contributed by atoms with Crippen LogP contribution in [-0.2, 0) is 6.42 Å². The summed E-state index contributed by atoms with van der Waals surface area (Å²) >= 11 is 0. The molecule has 0 aliphatic carbocycles. The zero-order valence-corrected chi connectivity index (χ0v) is 25.6. The summed E-state index contributed by atoms with van der Waals surface area (Å²) < 4.78 is 29.8. The van der Waals surface area contributed by atoms with Crippen LogP contribution in [0.15, 0.2) is 101 Å². The van der Waals surface area contributed by atoms with Gasteiger partial charge in [-0.05, 0) is 90.2 Å². The van der Waals surface area contributed by atoms with Gasteiger partial charge >= 0.3 is 0 Å². The Bertz CT molecular complexity index is 1940. The van der Waals surface area contributed by atoms with Crippen molar-refractivity contribution in [3.63, 3.8) is 0 Å². The number of hydrogen-bond acceptors (Lipinski definition) is 8. The highest BCUT2D eigenvalue weighted by atomic mass is 16.6. The van der Waals surface area contributed by atoms with Gasteiger partial charge in [-0.25, -0.2) is 0 Å². The van der Waals surface area contributed by atoms with Gasteiger partial charge in [0.15, 0.2) is 17.3 Å². The molecule has 47 heavy (non-hydrogen) atoms. The van der Waals surface area contributed by atoms with Crippen LogP contribution >= 0.6 is 0 Å². The zero-order chi connectivity index (χ0) is 32.3. The first-order valence-corrected chi connectivity index (χ1v) is 15.3. The van der Waals surface area contributed by atoms with Crippen LogP contribution in [0.3, 0.4) is 0 Å². The minimum absolute atomic E-state index is 0.0960. The lowest BCUT2D eigenvalue weighted by Gasteiger charge is -2.38. The van der Waals surface area contributed by atoms with E-state index in [1.165, 1.54) is 12.1 Å². The Balaban J connectivity index is 1.29. The number of fused-ring (bicyclic) bond motifs is 6. The molecule has 3 aliphatic rings. The van der Waals surface area contributed by atoms with Crippen molar-refractivity contribution in [1.82, 2.24) is 10.2 Å². The van der Waals surface area contributed by atoms with Gasteiger partial charge in [-0.3, -0.25) is 9.59 Å². The fraction of sp³-hybridized carbons (Fsp3) is 0.189. The second kappa shape index (κ2) is 12.8. The predicted molar refractivity (Wildman–Crippen MR) is 172 cm³/mol. The molecule has 8 rings (SSSR count). The number of aromatic hydroxyl groups is 1. The fourth-order valence-corrected chi connectivity index (χ4v) is 5.90. The first-order chi connectivity index (χ1) is 23.0. The molecule has 3 aliphatic heterocycles. The molecule has 238 valence electrons. The number of benzene rings is 4. The topological polar surface area (TPSA) is 120 Å². The molecule has 4 aromatic carbocycles. The molecule has 10 nitrogen and oxygen atoms in total. The van der Waals surface area contributed by atoms with Crippen molar-refractivity contribution in [2.75, 3.05) is 26.8 Å². The monoisotopic (exact) mass is 632 g/mol. The number of ether oxygens (including phenoxy) is 4. The molecule has 0 saturated carbocycles. The smallest absolute Gasteiger partial charge is 0.290 e. The molecular formula is C37H32N2O8. The minimum atomic E-state index is -0.500. The van der Waals surface area contributed by atoms with Crippen LogP contribution in [0.25, 0.3) is 0 Å². The summed E-state index contributed by atoms with van der Waals surface area (Å²) in [5, 5.41) is 13.2. The number of carbonyl (C=O) groups excluding carboxylic acids is 2. The van der Waals surface area contributed by atoms with E-state index in [9.17, 15) is 14.7 Å². The maximum Gasteiger partial charge on any atom is 0.290 e. The number of methoxy groups -OCH3 is 1. The van der Waals surface area contributed by atoms with Crippen LogP contribution in [0.2, 0.25) is 0 Å². The molecule has 1 unspecified atom stereocenters. The van der Waals surface area contributed by atoms with E-state index >= 15 is 0 Å². The Morgan fingerprint density at radius 3 is 2.68 bits per heavy atom. The number of nitrogens with one attached hydrogen (secondary N) is 1. The third-order valence-electron chi connectivity index (χ3n) is 8.16. The third-order valence-corrected chi connectivity index (χ3v) is 8.16. The van der Waals surface area contributed by atoms with Crippen molar-refractivity contribution in [2.24, 2.45) is 0 Å². The van der Waals surface area contributed by atoms with Gasteiger partial charge < -0.3 is 38.7 Å². The molecule has 0 fully saturated rings. The summed E-state index contributed by atoms with van der Waals surface area (Å²) in [4.78, 5) is 28.8. The zero-order valence-electron chi connectivity index (χ0n) is 25.6. The second-order valence-corrected chi connectivity index (χ2v) is 11.2. The number of para-hydroxylation sites is 1. The highest BCUT2D eigenvalue weighted by Gasteiger charge is 2.35. The number of phenols is 1. The van der Waals surface area contributed by atoms with Crippen molar-refractivity contribution < 1.29 is 38.1 Å². The van der Waals surface area contributed by atoms with Gasteiger partial charge in [-0.15, -0.1) is 0 Å². The Morgan fingerprint density at radius 2 is 1.83 bits per heavy atom. The molecule has 5 aromatic rings. The lowest BCUT2D eigenvalue weighted by atomic mass is 9.87. The standard InChI is InChI=1S/C37H32N2O8/c1-43-32-22-28-23-15-17-39(37(42)31-13-14-34(47-31)46-25-8-3-2-4-9-25)35(28)24-7-5-10-26(19-24)44-18-6-16-38-36(41)29-21-27(11-12-30(29)40)45-33(32)20-23/h2-5,7-14,19-22,35,40H,6,15-18H2,1H3,(H,38,41). The van der Waals surface area contributed by atoms with Crippen molar-refractivity contribution in [1.29, 1.82) is 0 Å². The largest absolute Gasteiger partial charge is 0.507 e. The fourth-order valence-electron chi connectivity index (χ4n) is 5.90. The van der Waals surface area contributed by atoms with E-state index in [0.29, 0.717) is 61.3 Å². The van der Waals surface area contributed by atoms with Crippen molar-refractivity contribution >= 4 is 11.8 Å². The van der Waals surface area contributed by atoms with Crippen molar-refractivity contribution in [2.45, 2.75) is 18.9 Å². The number of rotatable bonds is 4. The van der Waals surface area contributed by atoms with E-state index in [4.69, 9.17) is 23.4 Å². The van der Waals surface area contributed by atoms with Crippen LogP contribution < -0.4 is 24.3 Å². The average molecular weight is 633 g/mol. The van der Waals surface area contributed by atoms with Crippen LogP contribution in [0, 0.1) is 0 Å². The van der Waals surface area contributed by atoms with Crippen LogP contribution in [-0.4, -0.2) is 48.6 Å². The SMILES string of the molecule is COc1cc2c3cc1Oc1ccc(O)c(c1)C(=O)NCCCOc1cccc(c1)C2N(C(=O)c1ccc(Oc2ccccc2)o1)CC3. The average Bonchev–Trinajstić information content (AvgIpc) is 3.56. The van der Waals surface area contributed by atoms with Gasteiger partial charge in [0.05, 0.1) is 25.3 Å². The molecule has 8 bridgehead atoms. The summed E-state index contributed by atoms with van der Waals surface area (Å²) in [6, 6.07) is 27.9. The summed E-state index contributed by atoms with van der Waals surface area (Å²) in [6.07, 6.45) is 1.07. The van der Waals surface area contributed by atoms with Gasteiger partial charge in [-0.2, -0.15) is 0 Å². The molecule has 0 saturated heterocycles. The number of furan rings is 1. The Kier molecular flexibility index (Phi) is 8.14. The van der Waals surface area contributed by atoms with E-state index in [1.807, 2.05) is 66.7 Å². The summed E-state index contributed by atoms with van der Waals surface area (Å²) in [5.74, 6) is 1.97. The molecular weight excluding hydrogens is 600 g/mol. The maximum absolute atomic E-state index is 14.1. The van der Waals surface area contributed by atoms with Crippen LogP contribution in [0.4, 0.5) is 0 Å². The number of hydrogen-bond donors (Lipinski definition) is 2. The molecule has 2 N–H and O–H groups in total. The number of carbonyl (C=O) groups is 2. The number of nitrogens with zero attached hydrogens (tertiary/aromatic N) is 1. The third kappa shape index (κ3) is 6.17. The van der Waals surface area contributed by atoms with Gasteiger partial charge in [0.25, 0.3) is 17.8 Å². The maximum atomic E-state index is 14.1. The quantitative estimate of drug-likeness (QED) is 0.220. The van der Waals surface area contributed by atoms with E-state index < -0.39 is 11.9 Å². The minimum Gasteiger partial charge on any atom is -0.507 e.